The Bertz CT molecular complexity index is 841. The van der Waals surface area contributed by atoms with Crippen molar-refractivity contribution < 1.29 is 8.42 Å². The molecule has 0 amide bonds. The largest absolute Gasteiger partial charge is 0.243 e. The van der Waals surface area contributed by atoms with Gasteiger partial charge in [-0.25, -0.2) is 8.42 Å². The minimum Gasteiger partial charge on any atom is -0.207 e. The lowest BCUT2D eigenvalue weighted by Gasteiger charge is -2.30. The lowest BCUT2D eigenvalue weighted by atomic mass is 10.0. The monoisotopic (exact) mass is 371 g/mol. The highest BCUT2D eigenvalue weighted by Crippen LogP contribution is 2.35. The molecule has 0 bridgehead atoms. The molecule has 0 saturated carbocycles. The highest BCUT2D eigenvalue weighted by atomic mass is 32.2. The zero-order chi connectivity index (χ0) is 18.7. The summed E-state index contributed by atoms with van der Waals surface area (Å²) in [7, 11) is -3.50. The van der Waals surface area contributed by atoms with Gasteiger partial charge in [-0.05, 0) is 48.9 Å². The van der Waals surface area contributed by atoms with Gasteiger partial charge in [-0.3, -0.25) is 0 Å². The summed E-state index contributed by atoms with van der Waals surface area (Å²) in [4.78, 5) is 0.404. The van der Waals surface area contributed by atoms with E-state index in [1.54, 1.807) is 16.4 Å². The average molecular weight is 372 g/mol. The second-order valence-electron chi connectivity index (χ2n) is 7.62. The molecule has 2 aromatic rings. The molecule has 1 fully saturated rings. The Morgan fingerprint density at radius 1 is 1.00 bits per heavy atom. The van der Waals surface area contributed by atoms with Crippen molar-refractivity contribution in [3.63, 3.8) is 0 Å². The Hall–Kier alpha value is -1.65. The summed E-state index contributed by atoms with van der Waals surface area (Å²) in [6.45, 7) is 6.88. The summed E-state index contributed by atoms with van der Waals surface area (Å²) in [5, 5.41) is 0. The Morgan fingerprint density at radius 2 is 1.73 bits per heavy atom. The lowest BCUT2D eigenvalue weighted by molar-refractivity contribution is 0.329. The topological polar surface area (TPSA) is 37.4 Å². The molecule has 26 heavy (non-hydrogen) atoms. The summed E-state index contributed by atoms with van der Waals surface area (Å²) in [6, 6.07) is 15.6. The second-order valence-corrected chi connectivity index (χ2v) is 9.51. The minimum absolute atomic E-state index is 0.0767. The Balaban J connectivity index is 1.98. The van der Waals surface area contributed by atoms with E-state index in [0.29, 0.717) is 17.4 Å². The molecular formula is C22H29NO2S. The molecule has 1 atom stereocenters. The predicted molar refractivity (Wildman–Crippen MR) is 107 cm³/mol. The lowest BCUT2D eigenvalue weighted by Crippen LogP contribution is -2.34. The maximum atomic E-state index is 13.4. The summed E-state index contributed by atoms with van der Waals surface area (Å²) >= 11 is 0. The van der Waals surface area contributed by atoms with Crippen LogP contribution < -0.4 is 0 Å². The predicted octanol–water partition coefficient (Wildman–Crippen LogP) is 5.42. The van der Waals surface area contributed by atoms with Crippen LogP contribution in [0, 0.1) is 6.92 Å². The smallest absolute Gasteiger partial charge is 0.207 e. The molecule has 1 aliphatic heterocycles. The number of benzene rings is 2. The van der Waals surface area contributed by atoms with Gasteiger partial charge in [-0.1, -0.05) is 68.7 Å². The highest BCUT2D eigenvalue weighted by molar-refractivity contribution is 7.89. The molecule has 1 aliphatic rings. The molecule has 3 nitrogen and oxygen atoms in total. The van der Waals surface area contributed by atoms with Crippen LogP contribution in [0.15, 0.2) is 53.4 Å². The van der Waals surface area contributed by atoms with E-state index in [9.17, 15) is 8.42 Å². The normalized spacial score (nSPS) is 19.5. The SMILES string of the molecule is Cc1cccc([C@@H]2CCCCCN2S(=O)(=O)c2ccc(C(C)C)cc2)c1. The molecule has 0 aromatic heterocycles. The molecule has 0 N–H and O–H groups in total. The van der Waals surface area contributed by atoms with Gasteiger partial charge in [0.25, 0.3) is 0 Å². The van der Waals surface area contributed by atoms with Gasteiger partial charge in [0.05, 0.1) is 10.9 Å². The zero-order valence-corrected chi connectivity index (χ0v) is 16.8. The van der Waals surface area contributed by atoms with Crippen molar-refractivity contribution >= 4 is 10.0 Å². The van der Waals surface area contributed by atoms with Gasteiger partial charge >= 0.3 is 0 Å². The maximum Gasteiger partial charge on any atom is 0.243 e. The fourth-order valence-electron chi connectivity index (χ4n) is 3.74. The van der Waals surface area contributed by atoms with Crippen LogP contribution in [0.2, 0.25) is 0 Å². The fraction of sp³-hybridized carbons (Fsp3) is 0.455. The first kappa shape index (κ1) is 19.1. The molecule has 140 valence electrons. The number of nitrogens with zero attached hydrogens (tertiary/aromatic N) is 1. The van der Waals surface area contributed by atoms with Gasteiger partial charge in [0.2, 0.25) is 10.0 Å². The Labute approximate surface area is 158 Å². The molecule has 2 aromatic carbocycles. The zero-order valence-electron chi connectivity index (χ0n) is 16.0. The molecule has 1 heterocycles. The van der Waals surface area contributed by atoms with Crippen molar-refractivity contribution in [3.8, 4) is 0 Å². The van der Waals surface area contributed by atoms with Crippen LogP contribution in [-0.4, -0.2) is 19.3 Å². The van der Waals surface area contributed by atoms with E-state index in [2.05, 4.69) is 39.0 Å². The van der Waals surface area contributed by atoms with Gasteiger partial charge in [0.1, 0.15) is 0 Å². The van der Waals surface area contributed by atoms with Gasteiger partial charge in [-0.15, -0.1) is 0 Å². The maximum absolute atomic E-state index is 13.4. The van der Waals surface area contributed by atoms with Crippen molar-refractivity contribution in [2.75, 3.05) is 6.54 Å². The standard InChI is InChI=1S/C22H29NO2S/c1-17(2)19-11-13-21(14-12-19)26(24,25)23-15-6-4-5-10-22(23)20-9-7-8-18(3)16-20/h7-9,11-14,16-17,22H,4-6,10,15H2,1-3H3/t22-/m0/s1. The molecule has 0 aliphatic carbocycles. The van der Waals surface area contributed by atoms with Crippen molar-refractivity contribution in [1.29, 1.82) is 0 Å². The van der Waals surface area contributed by atoms with Crippen LogP contribution in [0.4, 0.5) is 0 Å². The molecule has 3 rings (SSSR count). The first-order valence-electron chi connectivity index (χ1n) is 9.58. The average Bonchev–Trinajstić information content (AvgIpc) is 2.88. The quantitative estimate of drug-likeness (QED) is 0.719. The van der Waals surface area contributed by atoms with Gasteiger partial charge in [0, 0.05) is 6.54 Å². The van der Waals surface area contributed by atoms with Crippen LogP contribution in [0.25, 0.3) is 0 Å². The number of sulfonamides is 1. The van der Waals surface area contributed by atoms with Crippen LogP contribution in [0.1, 0.15) is 68.2 Å². The fourth-order valence-corrected chi connectivity index (χ4v) is 5.42. The Kier molecular flexibility index (Phi) is 5.83. The number of aryl methyl sites for hydroxylation is 1. The Morgan fingerprint density at radius 3 is 2.38 bits per heavy atom. The molecule has 1 saturated heterocycles. The van der Waals surface area contributed by atoms with E-state index < -0.39 is 10.0 Å². The minimum atomic E-state index is -3.50. The van der Waals surface area contributed by atoms with Crippen LogP contribution >= 0.6 is 0 Å². The second kappa shape index (κ2) is 7.93. The van der Waals surface area contributed by atoms with Gasteiger partial charge in [-0.2, -0.15) is 4.31 Å². The summed E-state index contributed by atoms with van der Waals surface area (Å²) in [6.07, 6.45) is 3.95. The van der Waals surface area contributed by atoms with Crippen LogP contribution in [0.3, 0.4) is 0 Å². The first-order valence-corrected chi connectivity index (χ1v) is 11.0. The van der Waals surface area contributed by atoms with Crippen molar-refractivity contribution in [2.45, 2.75) is 63.3 Å². The van der Waals surface area contributed by atoms with Gasteiger partial charge in [0.15, 0.2) is 0 Å². The van der Waals surface area contributed by atoms with E-state index >= 15 is 0 Å². The third-order valence-electron chi connectivity index (χ3n) is 5.28. The number of hydrogen-bond donors (Lipinski definition) is 0. The summed E-state index contributed by atoms with van der Waals surface area (Å²) in [5.41, 5.74) is 3.44. The van der Waals surface area contributed by atoms with Crippen LogP contribution in [0.5, 0.6) is 0 Å². The van der Waals surface area contributed by atoms with E-state index in [4.69, 9.17) is 0 Å². The molecule has 4 heteroatoms. The third kappa shape index (κ3) is 4.02. The molecule has 0 radical (unpaired) electrons. The molecular weight excluding hydrogens is 342 g/mol. The summed E-state index contributed by atoms with van der Waals surface area (Å²) in [5.74, 6) is 0.394. The third-order valence-corrected chi connectivity index (χ3v) is 7.21. The van der Waals surface area contributed by atoms with Crippen LogP contribution in [-0.2, 0) is 10.0 Å². The van der Waals surface area contributed by atoms with E-state index in [0.717, 1.165) is 36.8 Å². The highest BCUT2D eigenvalue weighted by Gasteiger charge is 2.33. The van der Waals surface area contributed by atoms with Crippen molar-refractivity contribution in [3.05, 3.63) is 65.2 Å². The number of hydrogen-bond acceptors (Lipinski definition) is 2. The molecule has 0 unspecified atom stereocenters. The van der Waals surface area contributed by atoms with E-state index in [-0.39, 0.29) is 6.04 Å². The van der Waals surface area contributed by atoms with E-state index in [1.165, 1.54) is 5.56 Å². The van der Waals surface area contributed by atoms with E-state index in [1.807, 2.05) is 18.2 Å². The number of rotatable bonds is 4. The van der Waals surface area contributed by atoms with Crippen molar-refractivity contribution in [2.24, 2.45) is 0 Å². The van der Waals surface area contributed by atoms with Crippen molar-refractivity contribution in [1.82, 2.24) is 4.31 Å². The molecule has 0 spiro atoms. The van der Waals surface area contributed by atoms with Gasteiger partial charge < -0.3 is 0 Å². The summed E-state index contributed by atoms with van der Waals surface area (Å²) < 4.78 is 28.6. The first-order chi connectivity index (χ1) is 12.4.